The Morgan fingerprint density at radius 2 is 2.00 bits per heavy atom. The van der Waals surface area contributed by atoms with Crippen LogP contribution in [0.25, 0.3) is 0 Å². The van der Waals surface area contributed by atoms with E-state index < -0.39 is 0 Å². The number of amides is 1. The lowest BCUT2D eigenvalue weighted by molar-refractivity contribution is 0.268. The van der Waals surface area contributed by atoms with Crippen molar-refractivity contribution >= 4 is 39.9 Å². The monoisotopic (exact) mass is 225 g/mol. The second kappa shape index (κ2) is 3.59. The van der Waals surface area contributed by atoms with Crippen LogP contribution < -0.4 is 4.90 Å². The topological polar surface area (TPSA) is 40.5 Å². The van der Waals surface area contributed by atoms with Crippen LogP contribution in [0.5, 0.6) is 5.75 Å². The zero-order valence-corrected chi connectivity index (χ0v) is 8.77. The van der Waals surface area contributed by atoms with E-state index in [9.17, 15) is 4.79 Å². The molecule has 0 saturated carbocycles. The van der Waals surface area contributed by atoms with Crippen molar-refractivity contribution in [2.45, 2.75) is 0 Å². The summed E-state index contributed by atoms with van der Waals surface area (Å²) in [6.45, 7) is 0. The first-order valence-electron chi connectivity index (χ1n) is 3.97. The Hall–Kier alpha value is -1.07. The van der Waals surface area contributed by atoms with Gasteiger partial charge in [0.15, 0.2) is 0 Å². The number of hydrogen-bond acceptors (Lipinski definition) is 4. The maximum atomic E-state index is 11.4. The molecule has 0 atom stereocenters. The molecule has 1 N–H and O–H groups in total. The molecule has 1 saturated heterocycles. The summed E-state index contributed by atoms with van der Waals surface area (Å²) in [7, 11) is 0. The second-order valence-electron chi connectivity index (χ2n) is 2.80. The number of phenolic OH excluding ortho intramolecular Hbond substituents is 1. The fourth-order valence-corrected chi connectivity index (χ4v) is 2.35. The van der Waals surface area contributed by atoms with Crippen molar-refractivity contribution in [3.8, 4) is 5.75 Å². The van der Waals surface area contributed by atoms with E-state index in [-0.39, 0.29) is 11.0 Å². The molecule has 0 aliphatic carbocycles. The predicted octanol–water partition coefficient (Wildman–Crippen LogP) is 2.39. The molecule has 72 valence electrons. The number of carbonyl (C=O) groups excluding carboxylic acids is 1. The molecule has 0 unspecified atom stereocenters. The maximum absolute atomic E-state index is 11.4. The Morgan fingerprint density at radius 1 is 1.36 bits per heavy atom. The van der Waals surface area contributed by atoms with Crippen LogP contribution in [0.2, 0.25) is 0 Å². The van der Waals surface area contributed by atoms with Gasteiger partial charge in [0.05, 0.1) is 11.4 Å². The third kappa shape index (κ3) is 1.60. The third-order valence-electron chi connectivity index (χ3n) is 1.86. The van der Waals surface area contributed by atoms with E-state index in [1.54, 1.807) is 12.1 Å². The zero-order chi connectivity index (χ0) is 10.1. The number of thioether (sulfide) groups is 1. The van der Waals surface area contributed by atoms with Crippen LogP contribution in [0.1, 0.15) is 0 Å². The van der Waals surface area contributed by atoms with Gasteiger partial charge >= 0.3 is 0 Å². The fourth-order valence-electron chi connectivity index (χ4n) is 1.21. The van der Waals surface area contributed by atoms with E-state index in [4.69, 9.17) is 17.3 Å². The van der Waals surface area contributed by atoms with Gasteiger partial charge in [-0.1, -0.05) is 24.0 Å². The summed E-state index contributed by atoms with van der Waals surface area (Å²) < 4.78 is 0. The van der Waals surface area contributed by atoms with E-state index in [1.807, 2.05) is 0 Å². The van der Waals surface area contributed by atoms with Gasteiger partial charge in [-0.15, -0.1) is 0 Å². The predicted molar refractivity (Wildman–Crippen MR) is 61.0 cm³/mol. The molecule has 0 aromatic heterocycles. The molecule has 1 heterocycles. The normalized spacial score (nSPS) is 16.4. The fraction of sp³-hybridized carbons (Fsp3) is 0.111. The molecule has 0 bridgehead atoms. The molecule has 1 amide bonds. The van der Waals surface area contributed by atoms with E-state index >= 15 is 0 Å². The van der Waals surface area contributed by atoms with Crippen molar-refractivity contribution in [2.75, 3.05) is 10.7 Å². The van der Waals surface area contributed by atoms with Gasteiger partial charge in [0.25, 0.3) is 5.24 Å². The summed E-state index contributed by atoms with van der Waals surface area (Å²) in [6.07, 6.45) is 0. The molecule has 1 aromatic rings. The van der Waals surface area contributed by atoms with Crippen molar-refractivity contribution in [1.82, 2.24) is 0 Å². The summed E-state index contributed by atoms with van der Waals surface area (Å²) in [5.41, 5.74) is 0.711. The SMILES string of the molecule is O=C1SCC(=S)N1c1ccc(O)cc1. The van der Waals surface area contributed by atoms with Gasteiger partial charge in [-0.3, -0.25) is 9.69 Å². The number of anilines is 1. The molecule has 1 aromatic carbocycles. The standard InChI is InChI=1S/C9H7NO2S2/c11-7-3-1-6(2-4-7)10-8(13)5-14-9(10)12/h1-4,11H,5H2. The van der Waals surface area contributed by atoms with Crippen molar-refractivity contribution in [1.29, 1.82) is 0 Å². The highest BCUT2D eigenvalue weighted by molar-refractivity contribution is 8.16. The largest absolute Gasteiger partial charge is 0.508 e. The van der Waals surface area contributed by atoms with Crippen LogP contribution in [-0.4, -0.2) is 21.1 Å². The average molecular weight is 225 g/mol. The highest BCUT2D eigenvalue weighted by Crippen LogP contribution is 2.28. The second-order valence-corrected chi connectivity index (χ2v) is 4.20. The smallest absolute Gasteiger partial charge is 0.291 e. The molecule has 0 radical (unpaired) electrons. The van der Waals surface area contributed by atoms with Gasteiger partial charge in [0, 0.05) is 0 Å². The summed E-state index contributed by atoms with van der Waals surface area (Å²) >= 11 is 6.25. The molecular weight excluding hydrogens is 218 g/mol. The summed E-state index contributed by atoms with van der Waals surface area (Å²) in [5.74, 6) is 0.744. The van der Waals surface area contributed by atoms with E-state index in [2.05, 4.69) is 0 Å². The van der Waals surface area contributed by atoms with E-state index in [1.165, 1.54) is 28.8 Å². The van der Waals surface area contributed by atoms with Crippen molar-refractivity contribution < 1.29 is 9.90 Å². The lowest BCUT2D eigenvalue weighted by Gasteiger charge is -2.14. The number of thiocarbonyl (C=S) groups is 1. The first kappa shape index (κ1) is 9.48. The van der Waals surface area contributed by atoms with Gasteiger partial charge in [0.1, 0.15) is 10.7 Å². The molecule has 1 aliphatic heterocycles. The number of benzene rings is 1. The Morgan fingerprint density at radius 3 is 2.50 bits per heavy atom. The zero-order valence-electron chi connectivity index (χ0n) is 7.14. The summed E-state index contributed by atoms with van der Waals surface area (Å²) in [4.78, 5) is 13.5. The van der Waals surface area contributed by atoms with Crippen LogP contribution >= 0.6 is 24.0 Å². The Balaban J connectivity index is 2.34. The minimum atomic E-state index is -0.0549. The quantitative estimate of drug-likeness (QED) is 0.745. The van der Waals surface area contributed by atoms with Crippen LogP contribution in [0.15, 0.2) is 24.3 Å². The Kier molecular flexibility index (Phi) is 2.43. The van der Waals surface area contributed by atoms with Crippen LogP contribution in [0.3, 0.4) is 0 Å². The van der Waals surface area contributed by atoms with Gasteiger partial charge < -0.3 is 5.11 Å². The number of phenols is 1. The number of carbonyl (C=O) groups is 1. The van der Waals surface area contributed by atoms with Crippen molar-refractivity contribution in [3.63, 3.8) is 0 Å². The number of nitrogens with zero attached hydrogens (tertiary/aromatic N) is 1. The van der Waals surface area contributed by atoms with Gasteiger partial charge in [-0.25, -0.2) is 0 Å². The highest BCUT2D eigenvalue weighted by atomic mass is 32.2. The van der Waals surface area contributed by atoms with Gasteiger partial charge in [-0.05, 0) is 24.3 Å². The summed E-state index contributed by atoms with van der Waals surface area (Å²) in [5, 5.41) is 9.03. The molecular formula is C9H7NO2S2. The lowest BCUT2D eigenvalue weighted by atomic mass is 10.3. The molecule has 2 rings (SSSR count). The van der Waals surface area contributed by atoms with Gasteiger partial charge in [-0.2, -0.15) is 0 Å². The van der Waals surface area contributed by atoms with Crippen LogP contribution in [0.4, 0.5) is 10.5 Å². The lowest BCUT2D eigenvalue weighted by Crippen LogP contribution is -2.26. The molecule has 14 heavy (non-hydrogen) atoms. The number of aromatic hydroxyl groups is 1. The first-order chi connectivity index (χ1) is 6.68. The molecule has 1 fully saturated rings. The highest BCUT2D eigenvalue weighted by Gasteiger charge is 2.27. The minimum Gasteiger partial charge on any atom is -0.508 e. The summed E-state index contributed by atoms with van der Waals surface area (Å²) in [6, 6.07) is 6.42. The molecule has 5 heteroatoms. The molecule has 1 aliphatic rings. The Labute approximate surface area is 90.7 Å². The van der Waals surface area contributed by atoms with Crippen molar-refractivity contribution in [2.24, 2.45) is 0 Å². The number of hydrogen-bond donors (Lipinski definition) is 1. The van der Waals surface area contributed by atoms with Crippen LogP contribution in [-0.2, 0) is 0 Å². The number of rotatable bonds is 1. The molecule has 3 nitrogen and oxygen atoms in total. The van der Waals surface area contributed by atoms with E-state index in [0.29, 0.717) is 16.4 Å². The van der Waals surface area contributed by atoms with Crippen LogP contribution in [0, 0.1) is 0 Å². The molecule has 0 spiro atoms. The minimum absolute atomic E-state index is 0.0549. The average Bonchev–Trinajstić information content (AvgIpc) is 2.49. The van der Waals surface area contributed by atoms with Gasteiger partial charge in [0.2, 0.25) is 0 Å². The first-order valence-corrected chi connectivity index (χ1v) is 5.36. The van der Waals surface area contributed by atoms with E-state index in [0.717, 1.165) is 0 Å². The third-order valence-corrected chi connectivity index (χ3v) is 3.22. The maximum Gasteiger partial charge on any atom is 0.291 e. The Bertz CT molecular complexity index is 372. The van der Waals surface area contributed by atoms with Crippen molar-refractivity contribution in [3.05, 3.63) is 24.3 Å².